The highest BCUT2D eigenvalue weighted by atomic mass is 35.5. The lowest BCUT2D eigenvalue weighted by Gasteiger charge is -2.10. The fourth-order valence-corrected chi connectivity index (χ4v) is 3.65. The lowest BCUT2D eigenvalue weighted by molar-refractivity contribution is 0.663. The largest absolute Gasteiger partial charge is 0.327 e. The van der Waals surface area contributed by atoms with E-state index in [1.165, 1.54) is 4.70 Å². The molecule has 0 spiro atoms. The van der Waals surface area contributed by atoms with Gasteiger partial charge in [-0.05, 0) is 36.2 Å². The summed E-state index contributed by atoms with van der Waals surface area (Å²) in [7, 11) is 0. The Bertz CT molecular complexity index is 737. The van der Waals surface area contributed by atoms with E-state index in [0.717, 1.165) is 28.9 Å². The third-order valence-corrected chi connectivity index (χ3v) is 5.05. The first-order valence-corrected chi connectivity index (χ1v) is 8.23. The van der Waals surface area contributed by atoms with Crippen molar-refractivity contribution in [1.82, 2.24) is 4.98 Å². The topological polar surface area (TPSA) is 38.9 Å². The van der Waals surface area contributed by atoms with E-state index in [0.29, 0.717) is 10.0 Å². The lowest BCUT2D eigenvalue weighted by Crippen LogP contribution is -2.25. The first-order chi connectivity index (χ1) is 10.1. The summed E-state index contributed by atoms with van der Waals surface area (Å²) in [6, 6.07) is 13.8. The number of halogens is 2. The molecule has 1 atom stereocenters. The molecule has 21 heavy (non-hydrogen) atoms. The summed E-state index contributed by atoms with van der Waals surface area (Å²) in [6.07, 6.45) is 1.52. The minimum atomic E-state index is 0.0165. The molecule has 2 nitrogen and oxygen atoms in total. The monoisotopic (exact) mass is 336 g/mol. The Morgan fingerprint density at radius 2 is 1.86 bits per heavy atom. The zero-order valence-electron chi connectivity index (χ0n) is 11.2. The Hall–Kier alpha value is -1.13. The predicted molar refractivity (Wildman–Crippen MR) is 91.5 cm³/mol. The second kappa shape index (κ2) is 6.32. The van der Waals surface area contributed by atoms with Crippen LogP contribution < -0.4 is 5.73 Å². The fourth-order valence-electron chi connectivity index (χ4n) is 2.27. The molecule has 0 saturated carbocycles. The highest BCUT2D eigenvalue weighted by molar-refractivity contribution is 7.18. The Labute approximate surface area is 137 Å². The van der Waals surface area contributed by atoms with Gasteiger partial charge in [-0.1, -0.05) is 41.4 Å². The maximum Gasteiger partial charge on any atom is 0.0954 e. The summed E-state index contributed by atoms with van der Waals surface area (Å²) >= 11 is 13.7. The smallest absolute Gasteiger partial charge is 0.0954 e. The zero-order valence-corrected chi connectivity index (χ0v) is 13.6. The quantitative estimate of drug-likeness (QED) is 0.748. The maximum atomic E-state index is 6.24. The van der Waals surface area contributed by atoms with E-state index in [4.69, 9.17) is 28.9 Å². The number of thiazole rings is 1. The summed E-state index contributed by atoms with van der Waals surface area (Å²) < 4.78 is 1.20. The van der Waals surface area contributed by atoms with E-state index in [1.54, 1.807) is 11.3 Å². The molecular weight excluding hydrogens is 323 g/mol. The number of fused-ring (bicyclic) bond motifs is 1. The number of para-hydroxylation sites is 1. The molecule has 0 amide bonds. The molecule has 1 heterocycles. The van der Waals surface area contributed by atoms with Crippen molar-refractivity contribution in [3.05, 3.63) is 63.1 Å². The number of hydrogen-bond donors (Lipinski definition) is 1. The minimum absolute atomic E-state index is 0.0165. The average molecular weight is 337 g/mol. The van der Waals surface area contributed by atoms with Gasteiger partial charge in [0.25, 0.3) is 0 Å². The Morgan fingerprint density at radius 3 is 2.62 bits per heavy atom. The van der Waals surface area contributed by atoms with Gasteiger partial charge in [0, 0.05) is 12.5 Å². The van der Waals surface area contributed by atoms with Crippen LogP contribution in [0.15, 0.2) is 42.5 Å². The molecule has 0 aliphatic rings. The Morgan fingerprint density at radius 1 is 1.05 bits per heavy atom. The van der Waals surface area contributed by atoms with E-state index in [9.17, 15) is 0 Å². The van der Waals surface area contributed by atoms with Gasteiger partial charge in [0.05, 0.1) is 25.3 Å². The van der Waals surface area contributed by atoms with E-state index >= 15 is 0 Å². The number of hydrogen-bond acceptors (Lipinski definition) is 3. The van der Waals surface area contributed by atoms with Crippen LogP contribution in [-0.4, -0.2) is 11.0 Å². The molecule has 0 aliphatic carbocycles. The number of rotatable bonds is 4. The molecule has 5 heteroatoms. The van der Waals surface area contributed by atoms with Gasteiger partial charge in [-0.15, -0.1) is 11.3 Å². The number of nitrogens with two attached hydrogens (primary N) is 1. The van der Waals surface area contributed by atoms with Crippen LogP contribution in [0.4, 0.5) is 0 Å². The lowest BCUT2D eigenvalue weighted by atomic mass is 10.0. The van der Waals surface area contributed by atoms with Crippen LogP contribution >= 0.6 is 34.5 Å². The van der Waals surface area contributed by atoms with Gasteiger partial charge in [0.1, 0.15) is 0 Å². The second-order valence-electron chi connectivity index (χ2n) is 4.99. The first kappa shape index (κ1) is 14.8. The normalized spacial score (nSPS) is 12.7. The maximum absolute atomic E-state index is 6.24. The third-order valence-electron chi connectivity index (χ3n) is 3.26. The summed E-state index contributed by atoms with van der Waals surface area (Å²) in [5, 5.41) is 2.21. The van der Waals surface area contributed by atoms with Crippen molar-refractivity contribution in [2.45, 2.75) is 18.9 Å². The van der Waals surface area contributed by atoms with Crippen LogP contribution in [0.5, 0.6) is 0 Å². The fraction of sp³-hybridized carbons (Fsp3) is 0.188. The van der Waals surface area contributed by atoms with Crippen LogP contribution in [0.25, 0.3) is 10.2 Å². The van der Waals surface area contributed by atoms with Crippen molar-refractivity contribution in [2.75, 3.05) is 0 Å². The summed E-state index contributed by atoms with van der Waals surface area (Å²) in [5.74, 6) is 0. The summed E-state index contributed by atoms with van der Waals surface area (Å²) in [4.78, 5) is 4.62. The van der Waals surface area contributed by atoms with Crippen molar-refractivity contribution in [2.24, 2.45) is 5.73 Å². The van der Waals surface area contributed by atoms with E-state index in [2.05, 4.69) is 11.1 Å². The molecule has 0 aliphatic heterocycles. The Balaban J connectivity index is 1.70. The van der Waals surface area contributed by atoms with Gasteiger partial charge in [0.2, 0.25) is 0 Å². The van der Waals surface area contributed by atoms with Gasteiger partial charge in [-0.3, -0.25) is 0 Å². The van der Waals surface area contributed by atoms with E-state index < -0.39 is 0 Å². The predicted octanol–water partition coefficient (Wildman–Crippen LogP) is 4.72. The second-order valence-corrected chi connectivity index (χ2v) is 6.92. The average Bonchev–Trinajstić information content (AvgIpc) is 2.84. The van der Waals surface area contributed by atoms with Crippen LogP contribution in [0.3, 0.4) is 0 Å². The molecule has 0 fully saturated rings. The number of nitrogens with zero attached hydrogens (tertiary/aromatic N) is 1. The molecule has 3 aromatic rings. The van der Waals surface area contributed by atoms with Crippen molar-refractivity contribution in [1.29, 1.82) is 0 Å². The molecule has 1 aromatic heterocycles. The standard InChI is InChI=1S/C16H14Cl2N2S/c17-12-6-5-10(8-13(12)18)7-11(19)9-16-20-14-3-1-2-4-15(14)21-16/h1-6,8,11H,7,9,19H2. The Kier molecular flexibility index (Phi) is 4.45. The van der Waals surface area contributed by atoms with E-state index in [1.807, 2.05) is 36.4 Å². The zero-order chi connectivity index (χ0) is 14.8. The van der Waals surface area contributed by atoms with Gasteiger partial charge < -0.3 is 5.73 Å². The molecule has 0 radical (unpaired) electrons. The molecule has 0 saturated heterocycles. The SMILES string of the molecule is NC(Cc1ccc(Cl)c(Cl)c1)Cc1nc2ccccc2s1. The molecule has 3 rings (SSSR count). The molecule has 2 aromatic carbocycles. The molecule has 2 N–H and O–H groups in total. The van der Waals surface area contributed by atoms with Crippen molar-refractivity contribution < 1.29 is 0 Å². The highest BCUT2D eigenvalue weighted by Crippen LogP contribution is 2.25. The van der Waals surface area contributed by atoms with Crippen molar-refractivity contribution in [3.8, 4) is 0 Å². The van der Waals surface area contributed by atoms with Crippen LogP contribution in [0.1, 0.15) is 10.6 Å². The number of benzene rings is 2. The molecule has 0 bridgehead atoms. The van der Waals surface area contributed by atoms with Gasteiger partial charge in [0.15, 0.2) is 0 Å². The van der Waals surface area contributed by atoms with Gasteiger partial charge in [-0.25, -0.2) is 4.98 Å². The molecule has 1 unspecified atom stereocenters. The summed E-state index contributed by atoms with van der Waals surface area (Å²) in [6.45, 7) is 0. The summed E-state index contributed by atoms with van der Waals surface area (Å²) in [5.41, 5.74) is 8.37. The highest BCUT2D eigenvalue weighted by Gasteiger charge is 2.10. The van der Waals surface area contributed by atoms with Crippen LogP contribution in [0, 0.1) is 0 Å². The van der Waals surface area contributed by atoms with Crippen molar-refractivity contribution >= 4 is 44.8 Å². The van der Waals surface area contributed by atoms with Crippen LogP contribution in [0.2, 0.25) is 10.0 Å². The van der Waals surface area contributed by atoms with Crippen LogP contribution in [-0.2, 0) is 12.8 Å². The van der Waals surface area contributed by atoms with Gasteiger partial charge >= 0.3 is 0 Å². The van der Waals surface area contributed by atoms with E-state index in [-0.39, 0.29) is 6.04 Å². The van der Waals surface area contributed by atoms with Gasteiger partial charge in [-0.2, -0.15) is 0 Å². The van der Waals surface area contributed by atoms with Crippen molar-refractivity contribution in [3.63, 3.8) is 0 Å². The third kappa shape index (κ3) is 3.55. The molecular formula is C16H14Cl2N2S. The number of aromatic nitrogens is 1. The first-order valence-electron chi connectivity index (χ1n) is 6.66. The molecule has 108 valence electrons. The minimum Gasteiger partial charge on any atom is -0.327 e.